The summed E-state index contributed by atoms with van der Waals surface area (Å²) in [5.74, 6) is -1.01. The molecule has 1 heterocycles. The van der Waals surface area contributed by atoms with Gasteiger partial charge in [0.25, 0.3) is 0 Å². The van der Waals surface area contributed by atoms with Crippen molar-refractivity contribution in [1.82, 2.24) is 4.31 Å². The Kier molecular flexibility index (Phi) is 2.87. The Morgan fingerprint density at radius 1 is 1.47 bits per heavy atom. The van der Waals surface area contributed by atoms with E-state index in [2.05, 4.69) is 0 Å². The standard InChI is InChI=1S/C10H9ClFNO3S/c1-6-2-3-7(4-8(6)12)9-5-10(14)13(9)17(11,15)16/h2-4,9H,5H2,1H3. The molecule has 1 amide bonds. The van der Waals surface area contributed by atoms with Crippen molar-refractivity contribution in [3.63, 3.8) is 0 Å². The van der Waals surface area contributed by atoms with Crippen LogP contribution in [0.3, 0.4) is 0 Å². The second-order valence-corrected chi connectivity index (χ2v) is 6.25. The first-order valence-corrected chi connectivity index (χ1v) is 7.10. The zero-order valence-corrected chi connectivity index (χ0v) is 10.4. The second kappa shape index (κ2) is 3.96. The monoisotopic (exact) mass is 277 g/mol. The normalized spacial score (nSPS) is 20.3. The summed E-state index contributed by atoms with van der Waals surface area (Å²) in [6.07, 6.45) is 0.0223. The third-order valence-electron chi connectivity index (χ3n) is 2.71. The number of carbonyl (C=O) groups is 1. The molecule has 2 rings (SSSR count). The first-order valence-electron chi connectivity index (χ1n) is 4.83. The highest BCUT2D eigenvalue weighted by molar-refractivity contribution is 8.12. The van der Waals surface area contributed by atoms with Gasteiger partial charge in [0.1, 0.15) is 5.82 Å². The predicted molar refractivity (Wildman–Crippen MR) is 60.1 cm³/mol. The zero-order chi connectivity index (χ0) is 12.8. The van der Waals surface area contributed by atoms with Gasteiger partial charge in [0, 0.05) is 10.7 Å². The van der Waals surface area contributed by atoms with Gasteiger partial charge in [-0.2, -0.15) is 8.42 Å². The van der Waals surface area contributed by atoms with Crippen LogP contribution in [-0.2, 0) is 14.0 Å². The highest BCUT2D eigenvalue weighted by Gasteiger charge is 2.44. The van der Waals surface area contributed by atoms with Gasteiger partial charge in [-0.05, 0) is 24.1 Å². The van der Waals surface area contributed by atoms with Gasteiger partial charge in [-0.3, -0.25) is 4.79 Å². The summed E-state index contributed by atoms with van der Waals surface area (Å²) in [5.41, 5.74) is 0.886. The third kappa shape index (κ3) is 2.14. The van der Waals surface area contributed by atoms with E-state index in [9.17, 15) is 17.6 Å². The molecule has 1 aliphatic rings. The summed E-state index contributed by atoms with van der Waals surface area (Å²) in [6, 6.07) is 3.65. The first kappa shape index (κ1) is 12.3. The number of β-lactam (4-membered cyclic amide) rings is 1. The molecule has 0 bridgehead atoms. The summed E-state index contributed by atoms with van der Waals surface area (Å²) in [7, 11) is 1.03. The van der Waals surface area contributed by atoms with Gasteiger partial charge in [0.05, 0.1) is 12.5 Å². The Morgan fingerprint density at radius 3 is 2.59 bits per heavy atom. The van der Waals surface area contributed by atoms with Gasteiger partial charge >= 0.3 is 9.24 Å². The number of rotatable bonds is 2. The lowest BCUT2D eigenvalue weighted by Gasteiger charge is -2.37. The van der Waals surface area contributed by atoms with Crippen LogP contribution in [0.15, 0.2) is 18.2 Å². The molecule has 0 N–H and O–H groups in total. The van der Waals surface area contributed by atoms with Gasteiger partial charge < -0.3 is 0 Å². The van der Waals surface area contributed by atoms with Gasteiger partial charge in [-0.15, -0.1) is 0 Å². The van der Waals surface area contributed by atoms with Gasteiger partial charge in [-0.25, -0.2) is 8.70 Å². The molecule has 0 radical (unpaired) electrons. The fraction of sp³-hybridized carbons (Fsp3) is 0.300. The highest BCUT2D eigenvalue weighted by Crippen LogP contribution is 2.38. The predicted octanol–water partition coefficient (Wildman–Crippen LogP) is 1.89. The average Bonchev–Trinajstić information content (AvgIpc) is 2.16. The number of benzene rings is 1. The molecule has 0 aliphatic carbocycles. The number of amides is 1. The number of aryl methyl sites for hydroxylation is 1. The quantitative estimate of drug-likeness (QED) is 0.613. The molecule has 1 unspecified atom stereocenters. The zero-order valence-electron chi connectivity index (χ0n) is 8.85. The highest BCUT2D eigenvalue weighted by atomic mass is 35.7. The van der Waals surface area contributed by atoms with Gasteiger partial charge in [0.15, 0.2) is 0 Å². The van der Waals surface area contributed by atoms with E-state index in [4.69, 9.17) is 10.7 Å². The molecule has 4 nitrogen and oxygen atoms in total. The maximum atomic E-state index is 13.3. The van der Waals surface area contributed by atoms with E-state index in [-0.39, 0.29) is 6.42 Å². The van der Waals surface area contributed by atoms with E-state index >= 15 is 0 Å². The Labute approximate surface area is 103 Å². The summed E-state index contributed by atoms with van der Waals surface area (Å²) in [6.45, 7) is 1.60. The molecule has 0 spiro atoms. The molecule has 0 aromatic heterocycles. The van der Waals surface area contributed by atoms with Crippen LogP contribution in [0.5, 0.6) is 0 Å². The fourth-order valence-electron chi connectivity index (χ4n) is 1.74. The van der Waals surface area contributed by atoms with Crippen molar-refractivity contribution < 1.29 is 17.6 Å². The molecular weight excluding hydrogens is 269 g/mol. The average molecular weight is 278 g/mol. The van der Waals surface area contributed by atoms with Crippen molar-refractivity contribution in [2.45, 2.75) is 19.4 Å². The molecule has 92 valence electrons. The van der Waals surface area contributed by atoms with Crippen LogP contribution in [0.4, 0.5) is 4.39 Å². The molecule has 1 aliphatic heterocycles. The van der Waals surface area contributed by atoms with E-state index in [1.165, 1.54) is 12.1 Å². The van der Waals surface area contributed by atoms with E-state index in [1.807, 2.05) is 0 Å². The summed E-state index contributed by atoms with van der Waals surface area (Å²) in [5, 5.41) is 0. The van der Waals surface area contributed by atoms with Crippen molar-refractivity contribution in [3.8, 4) is 0 Å². The minimum Gasteiger partial charge on any atom is -0.274 e. The minimum atomic E-state index is -4.10. The van der Waals surface area contributed by atoms with Crippen molar-refractivity contribution in [2.24, 2.45) is 0 Å². The number of hydrogen-bond donors (Lipinski definition) is 0. The Morgan fingerprint density at radius 2 is 2.12 bits per heavy atom. The minimum absolute atomic E-state index is 0.0223. The van der Waals surface area contributed by atoms with Gasteiger partial charge in [0.2, 0.25) is 5.91 Å². The fourth-order valence-corrected chi connectivity index (χ4v) is 3.08. The van der Waals surface area contributed by atoms with Crippen molar-refractivity contribution in [3.05, 3.63) is 35.1 Å². The van der Waals surface area contributed by atoms with Crippen molar-refractivity contribution in [2.75, 3.05) is 0 Å². The number of carbonyl (C=O) groups excluding carboxylic acids is 1. The Balaban J connectivity index is 2.36. The molecule has 1 saturated heterocycles. The molecular formula is C10H9ClFNO3S. The summed E-state index contributed by atoms with van der Waals surface area (Å²) in [4.78, 5) is 11.2. The Hall–Kier alpha value is -1.14. The molecule has 1 atom stereocenters. The van der Waals surface area contributed by atoms with E-state index < -0.39 is 27.0 Å². The lowest BCUT2D eigenvalue weighted by molar-refractivity contribution is -0.137. The van der Waals surface area contributed by atoms with Crippen molar-refractivity contribution >= 4 is 25.8 Å². The summed E-state index contributed by atoms with van der Waals surface area (Å²) < 4.78 is 36.2. The van der Waals surface area contributed by atoms with Crippen LogP contribution in [0, 0.1) is 12.7 Å². The molecule has 7 heteroatoms. The van der Waals surface area contributed by atoms with Crippen LogP contribution in [-0.4, -0.2) is 18.6 Å². The van der Waals surface area contributed by atoms with Crippen LogP contribution < -0.4 is 0 Å². The first-order chi connectivity index (χ1) is 7.80. The van der Waals surface area contributed by atoms with Crippen LogP contribution >= 0.6 is 10.7 Å². The lowest BCUT2D eigenvalue weighted by atomic mass is 9.96. The molecule has 1 aromatic carbocycles. The maximum absolute atomic E-state index is 13.3. The van der Waals surface area contributed by atoms with Crippen LogP contribution in [0.25, 0.3) is 0 Å². The Bertz CT molecular complexity index is 587. The molecule has 1 fully saturated rings. The van der Waals surface area contributed by atoms with E-state index in [0.717, 1.165) is 0 Å². The summed E-state index contributed by atoms with van der Waals surface area (Å²) >= 11 is 0. The largest absolute Gasteiger partial charge is 0.324 e. The third-order valence-corrected chi connectivity index (χ3v) is 4.09. The van der Waals surface area contributed by atoms with Crippen LogP contribution in [0.1, 0.15) is 23.6 Å². The number of nitrogens with zero attached hydrogens (tertiary/aromatic N) is 1. The lowest BCUT2D eigenvalue weighted by Crippen LogP contribution is -2.47. The number of hydrogen-bond acceptors (Lipinski definition) is 3. The maximum Gasteiger partial charge on any atom is 0.324 e. The van der Waals surface area contributed by atoms with E-state index in [0.29, 0.717) is 15.4 Å². The van der Waals surface area contributed by atoms with Crippen molar-refractivity contribution in [1.29, 1.82) is 0 Å². The second-order valence-electron chi connectivity index (χ2n) is 3.86. The topological polar surface area (TPSA) is 54.5 Å². The molecule has 0 saturated carbocycles. The smallest absolute Gasteiger partial charge is 0.274 e. The number of halogens is 2. The van der Waals surface area contributed by atoms with E-state index in [1.54, 1.807) is 13.0 Å². The molecule has 17 heavy (non-hydrogen) atoms. The molecule has 1 aromatic rings. The SMILES string of the molecule is Cc1ccc(C2CC(=O)N2S(=O)(=O)Cl)cc1F. The van der Waals surface area contributed by atoms with Crippen LogP contribution in [0.2, 0.25) is 0 Å². The van der Waals surface area contributed by atoms with Gasteiger partial charge in [-0.1, -0.05) is 12.1 Å².